The fourth-order valence-electron chi connectivity index (χ4n) is 1.57. The summed E-state index contributed by atoms with van der Waals surface area (Å²) in [7, 11) is 0. The van der Waals surface area contributed by atoms with E-state index in [0.29, 0.717) is 10.8 Å². The molecule has 0 bridgehead atoms. The van der Waals surface area contributed by atoms with E-state index >= 15 is 0 Å². The normalized spacial score (nSPS) is 12.2. The maximum atomic E-state index is 6.00. The van der Waals surface area contributed by atoms with E-state index in [2.05, 4.69) is 16.9 Å². The van der Waals surface area contributed by atoms with Crippen molar-refractivity contribution in [1.29, 1.82) is 0 Å². The molecular weight excluding hydrogens is 262 g/mol. The van der Waals surface area contributed by atoms with Gasteiger partial charge in [0.1, 0.15) is 5.75 Å². The number of halogens is 1. The van der Waals surface area contributed by atoms with Gasteiger partial charge in [-0.3, -0.25) is 0 Å². The van der Waals surface area contributed by atoms with Gasteiger partial charge in [-0.25, -0.2) is 9.97 Å². The van der Waals surface area contributed by atoms with Crippen LogP contribution >= 0.6 is 11.6 Å². The third-order valence-corrected chi connectivity index (χ3v) is 3.05. The minimum atomic E-state index is 0.138. The largest absolute Gasteiger partial charge is 0.423 e. The lowest BCUT2D eigenvalue weighted by molar-refractivity contribution is 0.441. The predicted octanol–water partition coefficient (Wildman–Crippen LogP) is 3.20. The van der Waals surface area contributed by atoms with E-state index in [0.717, 1.165) is 18.4 Å². The molecule has 1 atom stereocenters. The van der Waals surface area contributed by atoms with Crippen molar-refractivity contribution in [2.24, 2.45) is 5.73 Å². The lowest BCUT2D eigenvalue weighted by Crippen LogP contribution is -2.21. The quantitative estimate of drug-likeness (QED) is 0.912. The first kappa shape index (κ1) is 13.8. The first-order valence-electron chi connectivity index (χ1n) is 6.18. The SMILES string of the molecule is CCC(N)Cc1cnc(Oc2ccccc2Cl)nc1. The molecule has 0 aliphatic heterocycles. The first-order chi connectivity index (χ1) is 9.19. The Balaban J connectivity index is 2.05. The highest BCUT2D eigenvalue weighted by Crippen LogP contribution is 2.26. The van der Waals surface area contributed by atoms with Crippen LogP contribution in [0.25, 0.3) is 0 Å². The molecule has 2 aromatic rings. The number of aromatic nitrogens is 2. The maximum Gasteiger partial charge on any atom is 0.321 e. The van der Waals surface area contributed by atoms with Crippen LogP contribution < -0.4 is 10.5 Å². The van der Waals surface area contributed by atoms with Gasteiger partial charge in [-0.1, -0.05) is 30.7 Å². The van der Waals surface area contributed by atoms with Crippen LogP contribution in [0.15, 0.2) is 36.7 Å². The molecule has 1 aromatic carbocycles. The third kappa shape index (κ3) is 3.91. The highest BCUT2D eigenvalue weighted by atomic mass is 35.5. The smallest absolute Gasteiger partial charge is 0.321 e. The fraction of sp³-hybridized carbons (Fsp3) is 0.286. The van der Waals surface area contributed by atoms with E-state index in [-0.39, 0.29) is 12.1 Å². The molecule has 4 nitrogen and oxygen atoms in total. The second-order valence-corrected chi connectivity index (χ2v) is 4.69. The molecule has 2 rings (SSSR count). The topological polar surface area (TPSA) is 61.0 Å². The zero-order valence-electron chi connectivity index (χ0n) is 10.7. The molecule has 0 saturated heterocycles. The highest BCUT2D eigenvalue weighted by Gasteiger charge is 2.06. The van der Waals surface area contributed by atoms with Crippen molar-refractivity contribution in [1.82, 2.24) is 9.97 Å². The van der Waals surface area contributed by atoms with Crippen molar-refractivity contribution >= 4 is 11.6 Å². The Morgan fingerprint density at radius 2 is 1.95 bits per heavy atom. The van der Waals surface area contributed by atoms with E-state index in [1.165, 1.54) is 0 Å². The average molecular weight is 278 g/mol. The molecule has 1 heterocycles. The van der Waals surface area contributed by atoms with Crippen LogP contribution in [-0.2, 0) is 6.42 Å². The molecule has 0 spiro atoms. The van der Waals surface area contributed by atoms with Gasteiger partial charge in [-0.2, -0.15) is 0 Å². The monoisotopic (exact) mass is 277 g/mol. The van der Waals surface area contributed by atoms with Gasteiger partial charge in [0, 0.05) is 18.4 Å². The minimum absolute atomic E-state index is 0.138. The lowest BCUT2D eigenvalue weighted by atomic mass is 10.1. The number of hydrogen-bond acceptors (Lipinski definition) is 4. The molecule has 0 aliphatic carbocycles. The lowest BCUT2D eigenvalue weighted by Gasteiger charge is -2.09. The summed E-state index contributed by atoms with van der Waals surface area (Å²) in [6.45, 7) is 2.06. The Bertz CT molecular complexity index is 530. The van der Waals surface area contributed by atoms with Gasteiger partial charge in [0.15, 0.2) is 0 Å². The molecule has 19 heavy (non-hydrogen) atoms. The number of benzene rings is 1. The van der Waals surface area contributed by atoms with E-state index in [4.69, 9.17) is 22.1 Å². The number of nitrogens with two attached hydrogens (primary N) is 1. The molecule has 0 radical (unpaired) electrons. The Morgan fingerprint density at radius 1 is 1.26 bits per heavy atom. The van der Waals surface area contributed by atoms with Crippen LogP contribution in [0.1, 0.15) is 18.9 Å². The Labute approximate surface area is 117 Å². The third-order valence-electron chi connectivity index (χ3n) is 2.74. The van der Waals surface area contributed by atoms with Gasteiger partial charge in [-0.15, -0.1) is 0 Å². The number of rotatable bonds is 5. The van der Waals surface area contributed by atoms with Gasteiger partial charge in [-0.05, 0) is 30.5 Å². The summed E-state index contributed by atoms with van der Waals surface area (Å²) in [4.78, 5) is 8.31. The Kier molecular flexibility index (Phi) is 4.71. The summed E-state index contributed by atoms with van der Waals surface area (Å²) in [5.41, 5.74) is 6.88. The summed E-state index contributed by atoms with van der Waals surface area (Å²) in [6.07, 6.45) is 5.16. The zero-order valence-corrected chi connectivity index (χ0v) is 11.5. The summed E-state index contributed by atoms with van der Waals surface area (Å²) in [6, 6.07) is 7.63. The number of para-hydroxylation sites is 1. The molecule has 1 aromatic heterocycles. The van der Waals surface area contributed by atoms with Crippen LogP contribution in [-0.4, -0.2) is 16.0 Å². The molecule has 2 N–H and O–H groups in total. The number of hydrogen-bond donors (Lipinski definition) is 1. The molecule has 0 fully saturated rings. The molecule has 0 amide bonds. The standard InChI is InChI=1S/C14H16ClN3O/c1-2-11(16)7-10-8-17-14(18-9-10)19-13-6-4-3-5-12(13)15/h3-6,8-9,11H,2,7,16H2,1H3. The Morgan fingerprint density at radius 3 is 2.58 bits per heavy atom. The van der Waals surface area contributed by atoms with Crippen molar-refractivity contribution in [3.8, 4) is 11.8 Å². The summed E-state index contributed by atoms with van der Waals surface area (Å²) < 4.78 is 5.51. The van der Waals surface area contributed by atoms with Crippen molar-refractivity contribution in [2.75, 3.05) is 0 Å². The van der Waals surface area contributed by atoms with Gasteiger partial charge >= 0.3 is 6.01 Å². The minimum Gasteiger partial charge on any atom is -0.423 e. The van der Waals surface area contributed by atoms with Crippen molar-refractivity contribution in [3.05, 3.63) is 47.2 Å². The van der Waals surface area contributed by atoms with Crippen LogP contribution in [0.5, 0.6) is 11.8 Å². The Hall–Kier alpha value is -1.65. The summed E-state index contributed by atoms with van der Waals surface area (Å²) >= 11 is 6.00. The fourth-order valence-corrected chi connectivity index (χ4v) is 1.75. The summed E-state index contributed by atoms with van der Waals surface area (Å²) in [5, 5.41) is 0.531. The van der Waals surface area contributed by atoms with E-state index in [9.17, 15) is 0 Å². The highest BCUT2D eigenvalue weighted by molar-refractivity contribution is 6.32. The van der Waals surface area contributed by atoms with Crippen LogP contribution in [0, 0.1) is 0 Å². The maximum absolute atomic E-state index is 6.00. The van der Waals surface area contributed by atoms with E-state index in [1.807, 2.05) is 12.1 Å². The molecule has 0 saturated carbocycles. The molecule has 100 valence electrons. The van der Waals surface area contributed by atoms with Gasteiger partial charge in [0.2, 0.25) is 0 Å². The molecule has 1 unspecified atom stereocenters. The van der Waals surface area contributed by atoms with Crippen molar-refractivity contribution < 1.29 is 4.74 Å². The van der Waals surface area contributed by atoms with Crippen LogP contribution in [0.4, 0.5) is 0 Å². The zero-order chi connectivity index (χ0) is 13.7. The average Bonchev–Trinajstić information content (AvgIpc) is 2.43. The second-order valence-electron chi connectivity index (χ2n) is 4.28. The summed E-state index contributed by atoms with van der Waals surface area (Å²) in [5.74, 6) is 0.544. The van der Waals surface area contributed by atoms with Crippen LogP contribution in [0.3, 0.4) is 0 Å². The van der Waals surface area contributed by atoms with E-state index in [1.54, 1.807) is 24.5 Å². The van der Waals surface area contributed by atoms with Crippen molar-refractivity contribution in [2.45, 2.75) is 25.8 Å². The molecule has 5 heteroatoms. The van der Waals surface area contributed by atoms with Crippen molar-refractivity contribution in [3.63, 3.8) is 0 Å². The number of nitrogens with zero attached hydrogens (tertiary/aromatic N) is 2. The van der Waals surface area contributed by atoms with Gasteiger partial charge in [0.25, 0.3) is 0 Å². The molecule has 0 aliphatic rings. The van der Waals surface area contributed by atoms with Crippen LogP contribution in [0.2, 0.25) is 5.02 Å². The number of ether oxygens (including phenoxy) is 1. The van der Waals surface area contributed by atoms with Gasteiger partial charge < -0.3 is 10.5 Å². The molecular formula is C14H16ClN3O. The first-order valence-corrected chi connectivity index (χ1v) is 6.55. The second kappa shape index (κ2) is 6.50. The van der Waals surface area contributed by atoms with Gasteiger partial charge in [0.05, 0.1) is 5.02 Å². The van der Waals surface area contributed by atoms with E-state index < -0.39 is 0 Å². The predicted molar refractivity (Wildman–Crippen MR) is 75.5 cm³/mol.